The minimum absolute atomic E-state index is 0.0455. The van der Waals surface area contributed by atoms with Crippen molar-refractivity contribution in [1.82, 2.24) is 5.32 Å². The van der Waals surface area contributed by atoms with Gasteiger partial charge in [-0.25, -0.2) is 0 Å². The number of aromatic hydroxyl groups is 1. The van der Waals surface area contributed by atoms with Crippen LogP contribution in [0.3, 0.4) is 0 Å². The van der Waals surface area contributed by atoms with Crippen molar-refractivity contribution in [2.75, 3.05) is 20.8 Å². The number of hydrogen-bond donors (Lipinski definition) is 2. The molecule has 6 nitrogen and oxygen atoms in total. The molecule has 1 aromatic rings. The zero-order valence-corrected chi connectivity index (χ0v) is 13.1. The lowest BCUT2D eigenvalue weighted by Crippen LogP contribution is -2.31. The molecule has 6 heteroatoms. The van der Waals surface area contributed by atoms with Crippen molar-refractivity contribution in [1.29, 1.82) is 0 Å². The van der Waals surface area contributed by atoms with Crippen LogP contribution in [0.4, 0.5) is 0 Å². The number of benzene rings is 1. The summed E-state index contributed by atoms with van der Waals surface area (Å²) in [6, 6.07) is 3.36. The summed E-state index contributed by atoms with van der Waals surface area (Å²) in [7, 11) is 2.93. The SMILES string of the molecule is COc1cc(CNCC(=O)OC(C)(C)C)cc(OC)c1O. The van der Waals surface area contributed by atoms with Crippen LogP contribution in [0.15, 0.2) is 12.1 Å². The quantitative estimate of drug-likeness (QED) is 0.780. The maximum absolute atomic E-state index is 11.6. The summed E-state index contributed by atoms with van der Waals surface area (Å²) in [5.74, 6) is 0.280. The number of methoxy groups -OCH3 is 2. The van der Waals surface area contributed by atoms with Gasteiger partial charge >= 0.3 is 5.97 Å². The molecule has 21 heavy (non-hydrogen) atoms. The third-order valence-corrected chi connectivity index (χ3v) is 2.56. The highest BCUT2D eigenvalue weighted by Gasteiger charge is 2.16. The molecule has 1 rings (SSSR count). The Labute approximate surface area is 125 Å². The van der Waals surface area contributed by atoms with Crippen LogP contribution in [0.5, 0.6) is 17.2 Å². The van der Waals surface area contributed by atoms with Crippen molar-refractivity contribution < 1.29 is 24.1 Å². The summed E-state index contributed by atoms with van der Waals surface area (Å²) < 4.78 is 15.3. The fourth-order valence-corrected chi connectivity index (χ4v) is 1.74. The predicted molar refractivity (Wildman–Crippen MR) is 78.8 cm³/mol. The lowest BCUT2D eigenvalue weighted by atomic mass is 10.2. The highest BCUT2D eigenvalue weighted by molar-refractivity contribution is 5.72. The molecule has 0 heterocycles. The van der Waals surface area contributed by atoms with E-state index in [4.69, 9.17) is 14.2 Å². The molecule has 0 unspecified atom stereocenters. The normalized spacial score (nSPS) is 11.1. The first-order valence-corrected chi connectivity index (χ1v) is 6.63. The summed E-state index contributed by atoms with van der Waals surface area (Å²) in [5.41, 5.74) is 0.328. The minimum atomic E-state index is -0.496. The third kappa shape index (κ3) is 5.51. The second-order valence-corrected chi connectivity index (χ2v) is 5.54. The van der Waals surface area contributed by atoms with Crippen LogP contribution < -0.4 is 14.8 Å². The zero-order valence-electron chi connectivity index (χ0n) is 13.1. The molecular formula is C15H23NO5. The van der Waals surface area contributed by atoms with Crippen molar-refractivity contribution in [3.05, 3.63) is 17.7 Å². The molecule has 0 aliphatic rings. The molecule has 0 aromatic heterocycles. The Morgan fingerprint density at radius 3 is 2.14 bits per heavy atom. The topological polar surface area (TPSA) is 77.0 Å². The highest BCUT2D eigenvalue weighted by Crippen LogP contribution is 2.36. The Bertz CT molecular complexity index is 468. The van der Waals surface area contributed by atoms with E-state index in [1.807, 2.05) is 20.8 Å². The first-order chi connectivity index (χ1) is 9.76. The van der Waals surface area contributed by atoms with Gasteiger partial charge in [0.2, 0.25) is 5.75 Å². The molecule has 0 saturated carbocycles. The molecule has 1 aromatic carbocycles. The molecule has 0 radical (unpaired) electrons. The lowest BCUT2D eigenvalue weighted by Gasteiger charge is -2.19. The zero-order chi connectivity index (χ0) is 16.0. The summed E-state index contributed by atoms with van der Waals surface area (Å²) in [4.78, 5) is 11.6. The fraction of sp³-hybridized carbons (Fsp3) is 0.533. The first-order valence-electron chi connectivity index (χ1n) is 6.63. The van der Waals surface area contributed by atoms with E-state index in [9.17, 15) is 9.90 Å². The predicted octanol–water partition coefficient (Wildman–Crippen LogP) is 1.84. The van der Waals surface area contributed by atoms with Gasteiger partial charge in [-0.2, -0.15) is 0 Å². The number of carbonyl (C=O) groups excluding carboxylic acids is 1. The monoisotopic (exact) mass is 297 g/mol. The van der Waals surface area contributed by atoms with Gasteiger partial charge in [-0.3, -0.25) is 4.79 Å². The maximum Gasteiger partial charge on any atom is 0.320 e. The minimum Gasteiger partial charge on any atom is -0.502 e. The Kier molecular flexibility index (Phi) is 5.84. The molecular weight excluding hydrogens is 274 g/mol. The Hall–Kier alpha value is -1.95. The number of rotatable bonds is 6. The molecule has 0 aliphatic carbocycles. The summed E-state index contributed by atoms with van der Waals surface area (Å²) in [5, 5.41) is 12.8. The largest absolute Gasteiger partial charge is 0.502 e. The van der Waals surface area contributed by atoms with Gasteiger partial charge in [0.15, 0.2) is 11.5 Å². The molecule has 0 saturated heterocycles. The van der Waals surface area contributed by atoms with Gasteiger partial charge in [-0.05, 0) is 38.5 Å². The van der Waals surface area contributed by atoms with E-state index in [2.05, 4.69) is 5.32 Å². The van der Waals surface area contributed by atoms with Crippen molar-refractivity contribution in [3.63, 3.8) is 0 Å². The number of phenols is 1. The lowest BCUT2D eigenvalue weighted by molar-refractivity contribution is -0.153. The molecule has 0 atom stereocenters. The van der Waals surface area contributed by atoms with Crippen molar-refractivity contribution in [2.45, 2.75) is 32.9 Å². The second kappa shape index (κ2) is 7.17. The van der Waals surface area contributed by atoms with Crippen molar-refractivity contribution in [3.8, 4) is 17.2 Å². The van der Waals surface area contributed by atoms with Crippen LogP contribution in [-0.2, 0) is 16.1 Å². The van der Waals surface area contributed by atoms with Gasteiger partial charge in [0.1, 0.15) is 5.60 Å². The number of phenolic OH excluding ortho intramolecular Hbond substituents is 1. The number of carbonyl (C=O) groups is 1. The van der Waals surface area contributed by atoms with Gasteiger partial charge in [0.05, 0.1) is 20.8 Å². The Morgan fingerprint density at radius 2 is 1.71 bits per heavy atom. The fourth-order valence-electron chi connectivity index (χ4n) is 1.74. The van der Waals surface area contributed by atoms with Crippen LogP contribution in [0.2, 0.25) is 0 Å². The number of ether oxygens (including phenoxy) is 3. The van der Waals surface area contributed by atoms with Crippen LogP contribution in [0.25, 0.3) is 0 Å². The van der Waals surface area contributed by atoms with E-state index in [0.29, 0.717) is 18.0 Å². The highest BCUT2D eigenvalue weighted by atomic mass is 16.6. The van der Waals surface area contributed by atoms with Crippen LogP contribution >= 0.6 is 0 Å². The van der Waals surface area contributed by atoms with Gasteiger partial charge in [-0.1, -0.05) is 0 Å². The number of nitrogens with one attached hydrogen (secondary N) is 1. The van der Waals surface area contributed by atoms with Crippen molar-refractivity contribution >= 4 is 5.97 Å². The third-order valence-electron chi connectivity index (χ3n) is 2.56. The van der Waals surface area contributed by atoms with E-state index in [1.165, 1.54) is 14.2 Å². The van der Waals surface area contributed by atoms with Crippen LogP contribution in [0, 0.1) is 0 Å². The average Bonchev–Trinajstić information content (AvgIpc) is 2.38. The van der Waals surface area contributed by atoms with Crippen LogP contribution in [0.1, 0.15) is 26.3 Å². The van der Waals surface area contributed by atoms with Gasteiger partial charge in [0.25, 0.3) is 0 Å². The summed E-state index contributed by atoms with van der Waals surface area (Å²) in [6.45, 7) is 5.98. The summed E-state index contributed by atoms with van der Waals surface area (Å²) in [6.07, 6.45) is 0. The number of hydrogen-bond acceptors (Lipinski definition) is 6. The molecule has 0 aliphatic heterocycles. The van der Waals surface area contributed by atoms with E-state index in [-0.39, 0.29) is 18.3 Å². The molecule has 2 N–H and O–H groups in total. The molecule has 0 bridgehead atoms. The Morgan fingerprint density at radius 1 is 1.19 bits per heavy atom. The van der Waals surface area contributed by atoms with Gasteiger partial charge < -0.3 is 24.6 Å². The molecule has 0 fully saturated rings. The van der Waals surface area contributed by atoms with Crippen LogP contribution in [-0.4, -0.2) is 37.4 Å². The average molecular weight is 297 g/mol. The second-order valence-electron chi connectivity index (χ2n) is 5.54. The smallest absolute Gasteiger partial charge is 0.320 e. The molecule has 0 spiro atoms. The molecule has 0 amide bonds. The van der Waals surface area contributed by atoms with Crippen molar-refractivity contribution in [2.24, 2.45) is 0 Å². The number of esters is 1. The van der Waals surface area contributed by atoms with E-state index < -0.39 is 5.60 Å². The standard InChI is InChI=1S/C15H23NO5/c1-15(2,3)21-13(17)9-16-8-10-6-11(19-4)14(18)12(7-10)20-5/h6-7,16,18H,8-9H2,1-5H3. The maximum atomic E-state index is 11.6. The van der Waals surface area contributed by atoms with E-state index in [1.54, 1.807) is 12.1 Å². The molecule has 118 valence electrons. The van der Waals surface area contributed by atoms with E-state index in [0.717, 1.165) is 5.56 Å². The van der Waals surface area contributed by atoms with Gasteiger partial charge in [0, 0.05) is 6.54 Å². The summed E-state index contributed by atoms with van der Waals surface area (Å²) >= 11 is 0. The van der Waals surface area contributed by atoms with E-state index >= 15 is 0 Å². The Balaban J connectivity index is 2.62. The first kappa shape index (κ1) is 17.1. The van der Waals surface area contributed by atoms with Gasteiger partial charge in [-0.15, -0.1) is 0 Å².